The molecule has 0 spiro atoms. The molecule has 1 amide bonds. The van der Waals surface area contributed by atoms with Crippen molar-refractivity contribution in [3.05, 3.63) is 12.7 Å². The van der Waals surface area contributed by atoms with Crippen molar-refractivity contribution in [2.75, 3.05) is 13.1 Å². The number of halogens is 5. The topological polar surface area (TPSA) is 20.3 Å². The van der Waals surface area contributed by atoms with Gasteiger partial charge < -0.3 is 4.90 Å². The maximum absolute atomic E-state index is 12.5. The number of amides is 1. The van der Waals surface area contributed by atoms with Crippen molar-refractivity contribution < 1.29 is 26.7 Å². The van der Waals surface area contributed by atoms with Gasteiger partial charge in [-0.25, -0.2) is 0 Å². The summed E-state index contributed by atoms with van der Waals surface area (Å²) >= 11 is 0. The lowest BCUT2D eigenvalue weighted by atomic mass is 10.2. The summed E-state index contributed by atoms with van der Waals surface area (Å²) in [6.07, 6.45) is -4.79. The first-order valence-electron chi connectivity index (χ1n) is 4.03. The highest BCUT2D eigenvalue weighted by atomic mass is 19.4. The van der Waals surface area contributed by atoms with Crippen LogP contribution in [0.5, 0.6) is 0 Å². The van der Waals surface area contributed by atoms with E-state index in [2.05, 4.69) is 6.58 Å². The Morgan fingerprint density at radius 1 is 1.33 bits per heavy atom. The predicted octanol–water partition coefficient (Wildman–Crippen LogP) is 2.22. The van der Waals surface area contributed by atoms with Crippen LogP contribution in [0.15, 0.2) is 12.7 Å². The summed E-state index contributed by atoms with van der Waals surface area (Å²) in [6.45, 7) is 3.87. The molecule has 88 valence electrons. The second-order valence-corrected chi connectivity index (χ2v) is 2.70. The maximum atomic E-state index is 12.5. The third kappa shape index (κ3) is 2.90. The zero-order chi connectivity index (χ0) is 12.3. The molecule has 0 atom stereocenters. The van der Waals surface area contributed by atoms with E-state index in [1.807, 2.05) is 0 Å². The third-order valence-corrected chi connectivity index (χ3v) is 1.64. The normalized spacial score (nSPS) is 12.4. The van der Waals surface area contributed by atoms with Gasteiger partial charge in [-0.2, -0.15) is 22.0 Å². The molecule has 0 rings (SSSR count). The van der Waals surface area contributed by atoms with Gasteiger partial charge in [-0.05, 0) is 6.92 Å². The number of rotatable bonds is 4. The molecule has 0 saturated heterocycles. The molecule has 15 heavy (non-hydrogen) atoms. The predicted molar refractivity (Wildman–Crippen MR) is 43.5 cm³/mol. The molecule has 0 aromatic carbocycles. The summed E-state index contributed by atoms with van der Waals surface area (Å²) < 4.78 is 60.5. The smallest absolute Gasteiger partial charge is 0.334 e. The maximum Gasteiger partial charge on any atom is 0.463 e. The first kappa shape index (κ1) is 13.9. The lowest BCUT2D eigenvalue weighted by Gasteiger charge is -2.25. The molecule has 0 fully saturated rings. The summed E-state index contributed by atoms with van der Waals surface area (Å²) in [5, 5.41) is 0. The molecule has 0 heterocycles. The minimum atomic E-state index is -5.86. The van der Waals surface area contributed by atoms with Crippen molar-refractivity contribution in [1.82, 2.24) is 4.90 Å². The average Bonchev–Trinajstić information content (AvgIpc) is 2.11. The van der Waals surface area contributed by atoms with E-state index in [4.69, 9.17) is 0 Å². The zero-order valence-electron chi connectivity index (χ0n) is 7.94. The highest BCUT2D eigenvalue weighted by Gasteiger charge is 2.64. The van der Waals surface area contributed by atoms with Crippen LogP contribution in [-0.2, 0) is 4.79 Å². The van der Waals surface area contributed by atoms with Crippen LogP contribution in [0.4, 0.5) is 22.0 Å². The van der Waals surface area contributed by atoms with Gasteiger partial charge in [-0.15, -0.1) is 6.58 Å². The lowest BCUT2D eigenvalue weighted by Crippen LogP contribution is -2.52. The Labute approximate surface area is 83.4 Å². The van der Waals surface area contributed by atoms with Crippen LogP contribution >= 0.6 is 0 Å². The van der Waals surface area contributed by atoms with Gasteiger partial charge in [-0.1, -0.05) is 6.08 Å². The van der Waals surface area contributed by atoms with Gasteiger partial charge in [0, 0.05) is 13.1 Å². The summed E-state index contributed by atoms with van der Waals surface area (Å²) in [6, 6.07) is 0. The fourth-order valence-electron chi connectivity index (χ4n) is 0.831. The minimum Gasteiger partial charge on any atom is -0.334 e. The van der Waals surface area contributed by atoms with E-state index in [1.165, 1.54) is 6.92 Å². The van der Waals surface area contributed by atoms with Crippen molar-refractivity contribution in [2.45, 2.75) is 19.0 Å². The van der Waals surface area contributed by atoms with E-state index in [-0.39, 0.29) is 13.1 Å². The molecule has 0 aromatic rings. The number of nitrogens with zero attached hydrogens (tertiary/aromatic N) is 1. The monoisotopic (exact) mass is 231 g/mol. The molecular formula is C8H10F5NO. The van der Waals surface area contributed by atoms with Crippen LogP contribution in [-0.4, -0.2) is 36.0 Å². The molecule has 0 aliphatic carbocycles. The van der Waals surface area contributed by atoms with Crippen LogP contribution in [0.2, 0.25) is 0 Å². The van der Waals surface area contributed by atoms with E-state index in [0.717, 1.165) is 6.08 Å². The van der Waals surface area contributed by atoms with E-state index in [0.29, 0.717) is 4.90 Å². The average molecular weight is 231 g/mol. The fraction of sp³-hybridized carbons (Fsp3) is 0.625. The van der Waals surface area contributed by atoms with Gasteiger partial charge in [0.2, 0.25) is 0 Å². The first-order valence-corrected chi connectivity index (χ1v) is 4.03. The Morgan fingerprint density at radius 3 is 2.07 bits per heavy atom. The number of alkyl halides is 5. The molecule has 0 saturated carbocycles. The molecule has 2 nitrogen and oxygen atoms in total. The molecule has 0 bridgehead atoms. The van der Waals surface area contributed by atoms with E-state index in [1.54, 1.807) is 0 Å². The van der Waals surface area contributed by atoms with Crippen LogP contribution in [0.1, 0.15) is 6.92 Å². The summed E-state index contributed by atoms with van der Waals surface area (Å²) in [5.41, 5.74) is 0. The second-order valence-electron chi connectivity index (χ2n) is 2.70. The van der Waals surface area contributed by atoms with E-state index in [9.17, 15) is 26.7 Å². The SMILES string of the molecule is C=CCN(CC)C(=O)C(F)(F)C(F)(F)F. The molecule has 0 radical (unpaired) electrons. The number of carbonyl (C=O) groups excluding carboxylic acids is 1. The molecule has 0 aromatic heterocycles. The summed E-state index contributed by atoms with van der Waals surface area (Å²) in [5.74, 6) is -7.59. The van der Waals surface area contributed by atoms with Gasteiger partial charge >= 0.3 is 18.0 Å². The van der Waals surface area contributed by atoms with E-state index < -0.39 is 18.0 Å². The number of carbonyl (C=O) groups is 1. The van der Waals surface area contributed by atoms with Crippen LogP contribution < -0.4 is 0 Å². The Hall–Kier alpha value is -1.14. The standard InChI is InChI=1S/C8H10F5NO/c1-3-5-14(4-2)6(15)7(9,10)8(11,12)13/h3H,1,4-5H2,2H3. The Morgan fingerprint density at radius 2 is 1.80 bits per heavy atom. The summed E-state index contributed by atoms with van der Waals surface area (Å²) in [4.78, 5) is 11.2. The highest BCUT2D eigenvalue weighted by Crippen LogP contribution is 2.36. The van der Waals surface area contributed by atoms with Gasteiger partial charge in [0.1, 0.15) is 0 Å². The Bertz CT molecular complexity index is 248. The van der Waals surface area contributed by atoms with Crippen molar-refractivity contribution in [1.29, 1.82) is 0 Å². The molecule has 7 heteroatoms. The van der Waals surface area contributed by atoms with Crippen LogP contribution in [0.25, 0.3) is 0 Å². The van der Waals surface area contributed by atoms with E-state index >= 15 is 0 Å². The molecule has 0 aliphatic rings. The Balaban J connectivity index is 4.89. The highest BCUT2D eigenvalue weighted by molar-refractivity contribution is 5.84. The van der Waals surface area contributed by atoms with Crippen molar-refractivity contribution in [3.63, 3.8) is 0 Å². The van der Waals surface area contributed by atoms with Crippen molar-refractivity contribution in [3.8, 4) is 0 Å². The third-order valence-electron chi connectivity index (χ3n) is 1.64. The molecule has 0 aliphatic heterocycles. The molecule has 0 unspecified atom stereocenters. The number of hydrogen-bond donors (Lipinski definition) is 0. The quantitative estimate of drug-likeness (QED) is 0.536. The second kappa shape index (κ2) is 4.59. The summed E-state index contributed by atoms with van der Waals surface area (Å²) in [7, 11) is 0. The fourth-order valence-corrected chi connectivity index (χ4v) is 0.831. The zero-order valence-corrected chi connectivity index (χ0v) is 7.94. The Kier molecular flexibility index (Phi) is 4.24. The van der Waals surface area contributed by atoms with Crippen LogP contribution in [0, 0.1) is 0 Å². The van der Waals surface area contributed by atoms with Crippen LogP contribution in [0.3, 0.4) is 0 Å². The van der Waals surface area contributed by atoms with Gasteiger partial charge in [0.05, 0.1) is 0 Å². The van der Waals surface area contributed by atoms with Crippen molar-refractivity contribution in [2.24, 2.45) is 0 Å². The van der Waals surface area contributed by atoms with Gasteiger partial charge in [-0.3, -0.25) is 4.79 Å². The minimum absolute atomic E-state index is 0.240. The van der Waals surface area contributed by atoms with Gasteiger partial charge in [0.15, 0.2) is 0 Å². The lowest BCUT2D eigenvalue weighted by molar-refractivity contribution is -0.274. The first-order chi connectivity index (χ1) is 6.68. The largest absolute Gasteiger partial charge is 0.463 e. The van der Waals surface area contributed by atoms with Crippen molar-refractivity contribution >= 4 is 5.91 Å². The molecular weight excluding hydrogens is 221 g/mol. The number of likely N-dealkylation sites (N-methyl/N-ethyl adjacent to an activating group) is 1. The number of hydrogen-bond acceptors (Lipinski definition) is 1. The van der Waals surface area contributed by atoms with Gasteiger partial charge in [0.25, 0.3) is 0 Å². The molecule has 0 N–H and O–H groups in total.